The van der Waals surface area contributed by atoms with Gasteiger partial charge in [-0.05, 0) is 0 Å². The van der Waals surface area contributed by atoms with Crippen molar-refractivity contribution in [2.45, 2.75) is 38.1 Å². The second-order valence-electron chi connectivity index (χ2n) is 5.26. The Hall–Kier alpha value is -2.76. The summed E-state index contributed by atoms with van der Waals surface area (Å²) in [6.07, 6.45) is -6.24. The van der Waals surface area contributed by atoms with E-state index in [0.29, 0.717) is 0 Å². The summed E-state index contributed by atoms with van der Waals surface area (Å²) in [7, 11) is -2.27. The van der Waals surface area contributed by atoms with Crippen molar-refractivity contribution >= 4 is 42.6 Å². The van der Waals surface area contributed by atoms with Crippen molar-refractivity contribution in [1.82, 2.24) is 0 Å². The van der Waals surface area contributed by atoms with Crippen LogP contribution in [0.15, 0.2) is 0 Å². The first-order valence-electron chi connectivity index (χ1n) is 7.45. The molecule has 0 unspecified atom stereocenters. The van der Waals surface area contributed by atoms with Gasteiger partial charge in [0.2, 0.25) is 17.3 Å². The van der Waals surface area contributed by atoms with E-state index in [1.54, 1.807) is 0 Å². The van der Waals surface area contributed by atoms with Crippen LogP contribution >= 0.6 is 0 Å². The molecule has 0 bridgehead atoms. The highest BCUT2D eigenvalue weighted by Gasteiger charge is 2.43. The van der Waals surface area contributed by atoms with E-state index < -0.39 is 80.7 Å². The molecule has 150 valence electrons. The first-order chi connectivity index (χ1) is 13.3. The number of Topliss-reactive ketones (excluding diaryl/α,β-unsaturated/α-hetero) is 3. The van der Waals surface area contributed by atoms with E-state index >= 15 is 0 Å². The lowest BCUT2D eigenvalue weighted by atomic mass is 10.2. The van der Waals surface area contributed by atoms with E-state index in [1.807, 2.05) is 0 Å². The van der Waals surface area contributed by atoms with Crippen LogP contribution in [0.1, 0.15) is 19.3 Å². The highest BCUT2D eigenvalue weighted by Crippen LogP contribution is 2.17. The lowest BCUT2D eigenvalue weighted by Crippen LogP contribution is -2.37. The zero-order chi connectivity index (χ0) is 20.3. The smallest absolute Gasteiger partial charge is 0.462 e. The zero-order valence-corrected chi connectivity index (χ0v) is 13.6. The predicted molar refractivity (Wildman–Crippen MR) is 70.8 cm³/mol. The molecule has 3 heterocycles. The zero-order valence-electron chi connectivity index (χ0n) is 13.6. The van der Waals surface area contributed by atoms with Gasteiger partial charge < -0.3 is 14.0 Å². The molecule has 0 amide bonds. The Balaban J connectivity index is 1.51. The van der Waals surface area contributed by atoms with Crippen LogP contribution in [0.5, 0.6) is 0 Å². The van der Waals surface area contributed by atoms with Gasteiger partial charge in [0.15, 0.2) is 0 Å². The second kappa shape index (κ2) is 8.51. The molecule has 3 fully saturated rings. The second-order valence-corrected chi connectivity index (χ2v) is 5.26. The molecule has 16 heteroatoms. The van der Waals surface area contributed by atoms with Crippen molar-refractivity contribution in [3.8, 4) is 0 Å². The summed E-state index contributed by atoms with van der Waals surface area (Å²) in [6, 6.07) is 0. The third-order valence-electron chi connectivity index (χ3n) is 3.00. The number of hydrogen-bond donors (Lipinski definition) is 0. The minimum Gasteiger partial charge on any atom is -0.462 e. The van der Waals surface area contributed by atoms with E-state index in [1.165, 1.54) is 0 Å². The molecule has 28 heavy (non-hydrogen) atoms. The van der Waals surface area contributed by atoms with Crippen molar-refractivity contribution in [2.24, 2.45) is 0 Å². The number of carbonyl (C=O) groups is 6. The average Bonchev–Trinajstić information content (AvgIpc) is 3.50. The van der Waals surface area contributed by atoms with E-state index in [-0.39, 0.29) is 0 Å². The molecule has 15 nitrogen and oxygen atoms in total. The minimum atomic E-state index is -2.27. The van der Waals surface area contributed by atoms with Crippen LogP contribution < -0.4 is 0 Å². The van der Waals surface area contributed by atoms with Crippen molar-refractivity contribution in [2.75, 3.05) is 0 Å². The summed E-state index contributed by atoms with van der Waals surface area (Å²) in [5.74, 6) is -6.23. The average molecular weight is 404 g/mol. The lowest BCUT2D eigenvalue weighted by molar-refractivity contribution is -0.149. The van der Waals surface area contributed by atoms with Crippen LogP contribution in [-0.4, -0.2) is 61.4 Å². The molecule has 3 rings (SSSR count). The fourth-order valence-electron chi connectivity index (χ4n) is 1.60. The van der Waals surface area contributed by atoms with Crippen LogP contribution in [0.4, 0.5) is 0 Å². The molecule has 0 N–H and O–H groups in total. The molecule has 0 saturated carbocycles. The van der Waals surface area contributed by atoms with Crippen LogP contribution in [0.25, 0.3) is 0 Å². The fourth-order valence-corrected chi connectivity index (χ4v) is 1.60. The summed E-state index contributed by atoms with van der Waals surface area (Å²) >= 11 is 0. The molecule has 0 atom stereocenters. The maximum atomic E-state index is 11.7. The van der Waals surface area contributed by atoms with Crippen LogP contribution in [0, 0.1) is 0 Å². The summed E-state index contributed by atoms with van der Waals surface area (Å²) in [5.41, 5.74) is 0. The number of carbonyl (C=O) groups excluding carboxylic acids is 6. The molecular formula is C12H9BO15. The highest BCUT2D eigenvalue weighted by atomic mass is 17.4. The van der Waals surface area contributed by atoms with Crippen molar-refractivity contribution in [1.29, 1.82) is 0 Å². The van der Waals surface area contributed by atoms with Crippen LogP contribution in [-0.2, 0) is 72.1 Å². The summed E-state index contributed by atoms with van der Waals surface area (Å²) in [6.45, 7) is 0. The number of rotatable bonds is 12. The molecule has 3 aliphatic rings. The van der Waals surface area contributed by atoms with Gasteiger partial charge in [0, 0.05) is 0 Å². The SMILES string of the molecule is O=C(CC(=O)C1OO1)OB(OC(=O)CC(=O)C1OO1)OC(=O)CC(=O)C1OO1. The van der Waals surface area contributed by atoms with Crippen LogP contribution in [0.3, 0.4) is 0 Å². The Labute approximate surface area is 153 Å². The Morgan fingerprint density at radius 1 is 0.536 bits per heavy atom. The van der Waals surface area contributed by atoms with Crippen LogP contribution in [0.2, 0.25) is 0 Å². The largest absolute Gasteiger partial charge is 0.870 e. The molecule has 3 aliphatic heterocycles. The van der Waals surface area contributed by atoms with Crippen molar-refractivity contribution in [3.63, 3.8) is 0 Å². The molecular weight excluding hydrogens is 395 g/mol. The normalized spacial score (nSPS) is 18.0. The Bertz CT molecular complexity index is 611. The standard InChI is InChI=1S/C12H9BO15/c14-4(10-23-24-10)1-7(17)20-13(21-8(18)2-5(15)11-25-26-11)22-9(19)3-6(16)12-27-28-12/h10-12H,1-3H2. The van der Waals surface area contributed by atoms with Gasteiger partial charge in [0.1, 0.15) is 19.3 Å². The summed E-state index contributed by atoms with van der Waals surface area (Å²) in [4.78, 5) is 94.4. The Morgan fingerprint density at radius 3 is 1.00 bits per heavy atom. The minimum absolute atomic E-state index is 0.808. The van der Waals surface area contributed by atoms with E-state index in [9.17, 15) is 28.8 Å². The van der Waals surface area contributed by atoms with Crippen molar-refractivity contribution in [3.05, 3.63) is 0 Å². The van der Waals surface area contributed by atoms with E-state index in [0.717, 1.165) is 0 Å². The maximum Gasteiger partial charge on any atom is 0.870 e. The quantitative estimate of drug-likeness (QED) is 0.141. The third-order valence-corrected chi connectivity index (χ3v) is 3.00. The first-order valence-corrected chi connectivity index (χ1v) is 7.45. The predicted octanol–water partition coefficient (Wildman–Crippen LogP) is -2.66. The molecule has 0 aliphatic carbocycles. The van der Waals surface area contributed by atoms with Gasteiger partial charge in [0.25, 0.3) is 18.9 Å². The van der Waals surface area contributed by atoms with Gasteiger partial charge in [0.05, 0.1) is 0 Å². The van der Waals surface area contributed by atoms with Gasteiger partial charge in [-0.15, -0.1) is 0 Å². The molecule has 0 radical (unpaired) electrons. The molecule has 0 aromatic carbocycles. The van der Waals surface area contributed by atoms with Gasteiger partial charge >= 0.3 is 25.2 Å². The molecule has 0 aromatic heterocycles. The summed E-state index contributed by atoms with van der Waals surface area (Å²) < 4.78 is 13.7. The molecule has 0 spiro atoms. The van der Waals surface area contributed by atoms with Gasteiger partial charge in [-0.2, -0.15) is 29.3 Å². The highest BCUT2D eigenvalue weighted by molar-refractivity contribution is 6.44. The monoisotopic (exact) mass is 404 g/mol. The van der Waals surface area contributed by atoms with Gasteiger partial charge in [-0.3, -0.25) is 28.8 Å². The van der Waals surface area contributed by atoms with Gasteiger partial charge in [-0.25, -0.2) is 0 Å². The van der Waals surface area contributed by atoms with E-state index in [4.69, 9.17) is 0 Å². The fraction of sp³-hybridized carbons (Fsp3) is 0.500. The number of ketones is 3. The van der Waals surface area contributed by atoms with Gasteiger partial charge in [-0.1, -0.05) is 0 Å². The topological polar surface area (TPSA) is 205 Å². The summed E-state index contributed by atoms with van der Waals surface area (Å²) in [5, 5.41) is 0. The Kier molecular flexibility index (Phi) is 6.07. The van der Waals surface area contributed by atoms with E-state index in [2.05, 4.69) is 43.3 Å². The van der Waals surface area contributed by atoms with Crippen molar-refractivity contribution < 1.29 is 72.1 Å². The lowest BCUT2D eigenvalue weighted by Gasteiger charge is -2.12. The first kappa shape index (κ1) is 20.0. The molecule has 3 saturated heterocycles. The molecule has 0 aromatic rings. The Morgan fingerprint density at radius 2 is 0.786 bits per heavy atom. The maximum absolute atomic E-state index is 11.7. The number of hydrogen-bond acceptors (Lipinski definition) is 15. The third kappa shape index (κ3) is 6.45.